The fraction of sp³-hybridized carbons (Fsp3) is 0.400. The van der Waals surface area contributed by atoms with Crippen LogP contribution in [-0.4, -0.2) is 28.8 Å². The molecule has 17 heavy (non-hydrogen) atoms. The van der Waals surface area contributed by atoms with E-state index in [0.717, 1.165) is 11.8 Å². The van der Waals surface area contributed by atoms with Gasteiger partial charge in [-0.2, -0.15) is 0 Å². The third-order valence-electron chi connectivity index (χ3n) is 2.21. The second-order valence-electron chi connectivity index (χ2n) is 3.76. The maximum absolute atomic E-state index is 11.2. The molecule has 0 atom stereocenters. The van der Waals surface area contributed by atoms with Crippen LogP contribution in [0.4, 0.5) is 0 Å². The first-order valence-corrected chi connectivity index (χ1v) is 9.27. The quantitative estimate of drug-likeness (QED) is 0.774. The Kier molecular flexibility index (Phi) is 4.57. The Hall–Kier alpha value is -0.590. The van der Waals surface area contributed by atoms with Crippen molar-refractivity contribution in [2.45, 2.75) is 17.7 Å². The number of hydrogen-bond acceptors (Lipinski definition) is 4. The Labute approximate surface area is 106 Å². The van der Waals surface area contributed by atoms with Crippen molar-refractivity contribution in [2.24, 2.45) is 0 Å². The highest BCUT2D eigenvalue weighted by Gasteiger charge is 2.07. The van der Waals surface area contributed by atoms with Crippen LogP contribution in [0.1, 0.15) is 12.0 Å². The summed E-state index contributed by atoms with van der Waals surface area (Å²) >= 11 is 0. The summed E-state index contributed by atoms with van der Waals surface area (Å²) < 4.78 is 43.8. The molecule has 0 saturated heterocycles. The van der Waals surface area contributed by atoms with Crippen molar-refractivity contribution >= 4 is 29.6 Å². The Morgan fingerprint density at radius 2 is 1.59 bits per heavy atom. The van der Waals surface area contributed by atoms with Crippen LogP contribution in [0, 0.1) is 0 Å². The SMILES string of the molecule is CS(=O)(=O)c1ccc(CCCS(=O)(=O)Cl)cc1. The van der Waals surface area contributed by atoms with Crippen molar-refractivity contribution in [3.05, 3.63) is 29.8 Å². The van der Waals surface area contributed by atoms with E-state index in [1.165, 1.54) is 12.1 Å². The van der Waals surface area contributed by atoms with Crippen LogP contribution in [0.2, 0.25) is 0 Å². The molecular weight excluding hydrogens is 284 g/mol. The molecule has 0 aliphatic heterocycles. The van der Waals surface area contributed by atoms with Gasteiger partial charge in [0.2, 0.25) is 9.05 Å². The van der Waals surface area contributed by atoms with Gasteiger partial charge in [-0.05, 0) is 30.5 Å². The molecule has 0 amide bonds. The largest absolute Gasteiger partial charge is 0.232 e. The zero-order valence-corrected chi connectivity index (χ0v) is 11.6. The van der Waals surface area contributed by atoms with Crippen LogP contribution in [0.5, 0.6) is 0 Å². The predicted molar refractivity (Wildman–Crippen MR) is 67.5 cm³/mol. The fourth-order valence-corrected chi connectivity index (χ4v) is 2.80. The van der Waals surface area contributed by atoms with E-state index in [1.54, 1.807) is 12.1 Å². The van der Waals surface area contributed by atoms with E-state index in [9.17, 15) is 16.8 Å². The minimum atomic E-state index is -3.45. The molecule has 0 unspecified atom stereocenters. The normalized spacial score (nSPS) is 12.6. The minimum absolute atomic E-state index is 0.0810. The molecule has 0 N–H and O–H groups in total. The van der Waals surface area contributed by atoms with Gasteiger partial charge in [-0.3, -0.25) is 0 Å². The molecule has 4 nitrogen and oxygen atoms in total. The van der Waals surface area contributed by atoms with Gasteiger partial charge in [0.15, 0.2) is 9.84 Å². The predicted octanol–water partition coefficient (Wildman–Crippen LogP) is 1.59. The molecule has 0 aliphatic carbocycles. The molecule has 0 radical (unpaired) electrons. The van der Waals surface area contributed by atoms with Crippen LogP contribution in [0.15, 0.2) is 29.2 Å². The van der Waals surface area contributed by atoms with E-state index in [1.807, 2.05) is 0 Å². The summed E-state index contributed by atoms with van der Waals surface area (Å²) in [5.41, 5.74) is 0.887. The number of benzene rings is 1. The van der Waals surface area contributed by atoms with Crippen molar-refractivity contribution in [2.75, 3.05) is 12.0 Å². The van der Waals surface area contributed by atoms with E-state index in [2.05, 4.69) is 0 Å². The minimum Gasteiger partial charge on any atom is -0.224 e. The maximum Gasteiger partial charge on any atom is 0.232 e. The highest BCUT2D eigenvalue weighted by atomic mass is 35.7. The number of hydrogen-bond donors (Lipinski definition) is 0. The van der Waals surface area contributed by atoms with Crippen molar-refractivity contribution in [1.29, 1.82) is 0 Å². The Balaban J connectivity index is 2.64. The molecule has 0 heterocycles. The highest BCUT2D eigenvalue weighted by Crippen LogP contribution is 2.12. The van der Waals surface area contributed by atoms with Gasteiger partial charge in [-0.1, -0.05) is 12.1 Å². The lowest BCUT2D eigenvalue weighted by Crippen LogP contribution is -2.00. The molecular formula is C10H13ClO4S2. The molecule has 0 aromatic heterocycles. The number of aryl methyl sites for hydroxylation is 1. The zero-order valence-electron chi connectivity index (χ0n) is 9.26. The van der Waals surface area contributed by atoms with Crippen molar-refractivity contribution in [3.8, 4) is 0 Å². The first-order valence-electron chi connectivity index (χ1n) is 4.90. The maximum atomic E-state index is 11.2. The topological polar surface area (TPSA) is 68.3 Å². The monoisotopic (exact) mass is 296 g/mol. The van der Waals surface area contributed by atoms with Gasteiger partial charge < -0.3 is 0 Å². The molecule has 1 aromatic carbocycles. The van der Waals surface area contributed by atoms with E-state index >= 15 is 0 Å². The molecule has 0 aliphatic rings. The van der Waals surface area contributed by atoms with E-state index in [0.29, 0.717) is 12.8 Å². The molecule has 0 fully saturated rings. The summed E-state index contributed by atoms with van der Waals surface area (Å²) in [6, 6.07) is 6.38. The van der Waals surface area contributed by atoms with E-state index in [4.69, 9.17) is 10.7 Å². The summed E-state index contributed by atoms with van der Waals surface area (Å²) in [4.78, 5) is 0.256. The van der Waals surface area contributed by atoms with Gasteiger partial charge in [0.25, 0.3) is 0 Å². The van der Waals surface area contributed by atoms with E-state index in [-0.39, 0.29) is 10.6 Å². The van der Waals surface area contributed by atoms with Gasteiger partial charge in [0.05, 0.1) is 10.6 Å². The lowest BCUT2D eigenvalue weighted by Gasteiger charge is -2.02. The van der Waals surface area contributed by atoms with E-state index < -0.39 is 18.9 Å². The third kappa shape index (κ3) is 5.52. The van der Waals surface area contributed by atoms with Crippen molar-refractivity contribution < 1.29 is 16.8 Å². The van der Waals surface area contributed by atoms with Crippen molar-refractivity contribution in [1.82, 2.24) is 0 Å². The van der Waals surface area contributed by atoms with Crippen LogP contribution in [0.3, 0.4) is 0 Å². The highest BCUT2D eigenvalue weighted by molar-refractivity contribution is 8.13. The van der Waals surface area contributed by atoms with Gasteiger partial charge in [-0.15, -0.1) is 0 Å². The summed E-state index contributed by atoms with van der Waals surface area (Å²) in [7, 11) is -1.55. The second-order valence-corrected chi connectivity index (χ2v) is 8.67. The molecule has 7 heteroatoms. The average molecular weight is 297 g/mol. The summed E-state index contributed by atoms with van der Waals surface area (Å²) in [5, 5.41) is 0. The molecule has 96 valence electrons. The molecule has 0 bridgehead atoms. The Morgan fingerprint density at radius 1 is 1.06 bits per heavy atom. The van der Waals surface area contributed by atoms with Gasteiger partial charge in [0, 0.05) is 16.9 Å². The van der Waals surface area contributed by atoms with Crippen LogP contribution < -0.4 is 0 Å². The van der Waals surface area contributed by atoms with Gasteiger partial charge in [0.1, 0.15) is 0 Å². The summed E-state index contributed by atoms with van der Waals surface area (Å²) in [5.74, 6) is -0.0810. The molecule has 0 saturated carbocycles. The van der Waals surface area contributed by atoms with Crippen LogP contribution in [-0.2, 0) is 25.3 Å². The van der Waals surface area contributed by atoms with Crippen LogP contribution in [0.25, 0.3) is 0 Å². The first kappa shape index (κ1) is 14.5. The standard InChI is InChI=1S/C10H13ClO4S2/c1-16(12,13)10-6-4-9(5-7-10)3-2-8-17(11,14)15/h4-7H,2-3,8H2,1H3. The van der Waals surface area contributed by atoms with Gasteiger partial charge in [-0.25, -0.2) is 16.8 Å². The lowest BCUT2D eigenvalue weighted by molar-refractivity contribution is 0.601. The number of halogens is 1. The van der Waals surface area contributed by atoms with Crippen LogP contribution >= 0.6 is 10.7 Å². The number of rotatable bonds is 5. The second kappa shape index (κ2) is 5.37. The summed E-state index contributed by atoms with van der Waals surface area (Å²) in [6.07, 6.45) is 2.11. The smallest absolute Gasteiger partial charge is 0.224 e. The lowest BCUT2D eigenvalue weighted by atomic mass is 10.1. The molecule has 1 aromatic rings. The Bertz CT molecular complexity index is 573. The first-order chi connectivity index (χ1) is 7.68. The van der Waals surface area contributed by atoms with Crippen molar-refractivity contribution in [3.63, 3.8) is 0 Å². The zero-order chi connectivity index (χ0) is 13.1. The molecule has 1 rings (SSSR count). The molecule has 0 spiro atoms. The third-order valence-corrected chi connectivity index (χ3v) is 4.57. The summed E-state index contributed by atoms with van der Waals surface area (Å²) in [6.45, 7) is 0. The number of sulfone groups is 1. The Morgan fingerprint density at radius 3 is 2.00 bits per heavy atom. The average Bonchev–Trinajstić information content (AvgIpc) is 2.15. The van der Waals surface area contributed by atoms with Gasteiger partial charge >= 0.3 is 0 Å². The fourth-order valence-electron chi connectivity index (χ4n) is 1.35.